The fraction of sp³-hybridized carbons (Fsp3) is 0.333. The van der Waals surface area contributed by atoms with Crippen LogP contribution in [-0.4, -0.2) is 27.4 Å². The molecule has 0 aliphatic rings. The molecule has 20 heavy (non-hydrogen) atoms. The molecule has 0 fully saturated rings. The number of halogens is 1. The second kappa shape index (κ2) is 5.87. The van der Waals surface area contributed by atoms with Crippen molar-refractivity contribution in [3.05, 3.63) is 38.9 Å². The van der Waals surface area contributed by atoms with Gasteiger partial charge in [-0.05, 0) is 19.9 Å². The molecule has 0 aliphatic heterocycles. The topological polar surface area (TPSA) is 110 Å². The maximum atomic E-state index is 12.0. The van der Waals surface area contributed by atoms with Crippen LogP contribution in [0.4, 0.5) is 5.69 Å². The number of rotatable bonds is 5. The maximum absolute atomic E-state index is 12.0. The van der Waals surface area contributed by atoms with Crippen molar-refractivity contribution in [1.82, 2.24) is 5.32 Å². The van der Waals surface area contributed by atoms with E-state index in [1.807, 2.05) is 0 Å². The first-order valence-electron chi connectivity index (χ1n) is 5.60. The van der Waals surface area contributed by atoms with Crippen LogP contribution in [0, 0.1) is 10.1 Å². The van der Waals surface area contributed by atoms with Gasteiger partial charge in [0.2, 0.25) is 0 Å². The highest BCUT2D eigenvalue weighted by Gasteiger charge is 2.25. The van der Waals surface area contributed by atoms with Crippen LogP contribution in [0.5, 0.6) is 0 Å². The number of amides is 1. The Kier molecular flexibility index (Phi) is 4.67. The summed E-state index contributed by atoms with van der Waals surface area (Å²) in [5.41, 5.74) is -1.29. The summed E-state index contributed by atoms with van der Waals surface area (Å²) in [6.45, 7) is 3.08. The second-order valence-electron chi connectivity index (χ2n) is 4.86. The number of carboxylic acids is 1. The maximum Gasteiger partial charge on any atom is 0.305 e. The van der Waals surface area contributed by atoms with Gasteiger partial charge >= 0.3 is 5.97 Å². The molecule has 0 radical (unpaired) electrons. The fourth-order valence-corrected chi connectivity index (χ4v) is 1.84. The van der Waals surface area contributed by atoms with E-state index >= 15 is 0 Å². The van der Waals surface area contributed by atoms with Crippen molar-refractivity contribution in [1.29, 1.82) is 0 Å². The molecule has 0 aromatic heterocycles. The van der Waals surface area contributed by atoms with Crippen molar-refractivity contribution in [2.45, 2.75) is 25.8 Å². The third-order valence-corrected chi connectivity index (χ3v) is 2.62. The Morgan fingerprint density at radius 1 is 1.40 bits per heavy atom. The Hall–Kier alpha value is -2.15. The number of aliphatic carboxylic acids is 1. The van der Waals surface area contributed by atoms with E-state index in [0.717, 1.165) is 12.1 Å². The number of nitrogens with one attached hydrogen (secondary N) is 1. The zero-order valence-electron chi connectivity index (χ0n) is 10.8. The molecule has 0 spiro atoms. The Balaban J connectivity index is 2.98. The summed E-state index contributed by atoms with van der Waals surface area (Å²) in [5, 5.41) is 22.0. The van der Waals surface area contributed by atoms with Gasteiger partial charge in [0.05, 0.1) is 11.3 Å². The molecule has 0 saturated heterocycles. The van der Waals surface area contributed by atoms with E-state index in [1.165, 1.54) is 19.9 Å². The number of non-ortho nitro benzene ring substituents is 1. The van der Waals surface area contributed by atoms with Gasteiger partial charge in [-0.15, -0.1) is 0 Å². The Morgan fingerprint density at radius 2 is 2.00 bits per heavy atom. The molecule has 0 unspecified atom stereocenters. The minimum atomic E-state index is -1.06. The molecular weight excluding hydrogens is 288 g/mol. The van der Waals surface area contributed by atoms with Gasteiger partial charge in [-0.25, -0.2) is 0 Å². The number of benzene rings is 1. The van der Waals surface area contributed by atoms with Gasteiger partial charge in [-0.1, -0.05) is 11.6 Å². The predicted molar refractivity (Wildman–Crippen MR) is 71.9 cm³/mol. The molecule has 1 aromatic rings. The first kappa shape index (κ1) is 15.9. The third kappa shape index (κ3) is 4.51. The minimum Gasteiger partial charge on any atom is -0.481 e. The van der Waals surface area contributed by atoms with Crippen molar-refractivity contribution >= 4 is 29.2 Å². The first-order valence-corrected chi connectivity index (χ1v) is 5.98. The van der Waals surface area contributed by atoms with Crippen LogP contribution in [0.2, 0.25) is 5.02 Å². The number of carbonyl (C=O) groups excluding carboxylic acids is 1. The van der Waals surface area contributed by atoms with Gasteiger partial charge in [0.25, 0.3) is 11.6 Å². The average Bonchev–Trinajstić information content (AvgIpc) is 2.25. The third-order valence-electron chi connectivity index (χ3n) is 2.40. The van der Waals surface area contributed by atoms with Crippen LogP contribution in [0.3, 0.4) is 0 Å². The van der Waals surface area contributed by atoms with Crippen LogP contribution in [0.1, 0.15) is 30.6 Å². The van der Waals surface area contributed by atoms with E-state index in [1.54, 1.807) is 0 Å². The monoisotopic (exact) mass is 300 g/mol. The average molecular weight is 301 g/mol. The second-order valence-corrected chi connectivity index (χ2v) is 5.30. The normalized spacial score (nSPS) is 10.9. The number of nitro groups is 1. The molecule has 0 bridgehead atoms. The summed E-state index contributed by atoms with van der Waals surface area (Å²) in [6, 6.07) is 3.49. The zero-order valence-corrected chi connectivity index (χ0v) is 11.6. The molecular formula is C12H13ClN2O5. The SMILES string of the molecule is CC(C)(CC(=O)O)NC(=O)c1cc(Cl)cc([N+](=O)[O-])c1. The van der Waals surface area contributed by atoms with Crippen LogP contribution in [0.25, 0.3) is 0 Å². The van der Waals surface area contributed by atoms with Crippen LogP contribution >= 0.6 is 11.6 Å². The molecule has 2 N–H and O–H groups in total. The molecule has 1 aromatic carbocycles. The van der Waals surface area contributed by atoms with E-state index in [9.17, 15) is 19.7 Å². The lowest BCUT2D eigenvalue weighted by Gasteiger charge is -2.24. The van der Waals surface area contributed by atoms with E-state index in [2.05, 4.69) is 5.32 Å². The number of carbonyl (C=O) groups is 2. The van der Waals surface area contributed by atoms with Crippen LogP contribution in [0.15, 0.2) is 18.2 Å². The molecule has 0 heterocycles. The lowest BCUT2D eigenvalue weighted by atomic mass is 10.00. The van der Waals surface area contributed by atoms with E-state index in [0.29, 0.717) is 0 Å². The van der Waals surface area contributed by atoms with Gasteiger partial charge in [-0.2, -0.15) is 0 Å². The number of carboxylic acid groups (broad SMARTS) is 1. The highest BCUT2D eigenvalue weighted by atomic mass is 35.5. The van der Waals surface area contributed by atoms with Crippen molar-refractivity contribution in [3.63, 3.8) is 0 Å². The van der Waals surface area contributed by atoms with Crippen molar-refractivity contribution in [3.8, 4) is 0 Å². The minimum absolute atomic E-state index is 0.00247. The van der Waals surface area contributed by atoms with Gasteiger partial charge in [0, 0.05) is 28.3 Å². The lowest BCUT2D eigenvalue weighted by molar-refractivity contribution is -0.384. The number of nitrogens with zero attached hydrogens (tertiary/aromatic N) is 1. The Labute approximate surface area is 119 Å². The molecule has 0 saturated carbocycles. The number of hydrogen-bond donors (Lipinski definition) is 2. The summed E-state index contributed by atoms with van der Waals surface area (Å²) in [7, 11) is 0. The standard InChI is InChI=1S/C12H13ClN2O5/c1-12(2,6-10(16)17)14-11(18)7-3-8(13)5-9(4-7)15(19)20/h3-5H,6H2,1-2H3,(H,14,18)(H,16,17). The summed E-state index contributed by atoms with van der Waals surface area (Å²) in [6.07, 6.45) is -0.276. The summed E-state index contributed by atoms with van der Waals surface area (Å²) in [4.78, 5) is 32.7. The molecule has 1 amide bonds. The molecule has 0 atom stereocenters. The van der Waals surface area contributed by atoms with E-state index < -0.39 is 22.3 Å². The van der Waals surface area contributed by atoms with Crippen molar-refractivity contribution in [2.24, 2.45) is 0 Å². The molecule has 7 nitrogen and oxygen atoms in total. The molecule has 0 aliphatic carbocycles. The predicted octanol–water partition coefficient (Wildman–Crippen LogP) is 2.23. The van der Waals surface area contributed by atoms with Crippen molar-refractivity contribution < 1.29 is 19.6 Å². The largest absolute Gasteiger partial charge is 0.481 e. The number of nitro benzene ring substituents is 1. The van der Waals surface area contributed by atoms with Gasteiger partial charge < -0.3 is 10.4 Å². The van der Waals surface area contributed by atoms with Gasteiger partial charge in [-0.3, -0.25) is 19.7 Å². The summed E-state index contributed by atoms with van der Waals surface area (Å²) < 4.78 is 0. The van der Waals surface area contributed by atoms with Crippen LogP contribution in [-0.2, 0) is 4.79 Å². The lowest BCUT2D eigenvalue weighted by Crippen LogP contribution is -2.44. The highest BCUT2D eigenvalue weighted by Crippen LogP contribution is 2.21. The first-order chi connectivity index (χ1) is 9.10. The fourth-order valence-electron chi connectivity index (χ4n) is 1.61. The van der Waals surface area contributed by atoms with Gasteiger partial charge in [0.1, 0.15) is 0 Å². The Bertz CT molecular complexity index is 571. The molecule has 1 rings (SSSR count). The summed E-state index contributed by atoms with van der Waals surface area (Å²) in [5.74, 6) is -1.69. The molecule has 108 valence electrons. The summed E-state index contributed by atoms with van der Waals surface area (Å²) >= 11 is 5.72. The number of hydrogen-bond acceptors (Lipinski definition) is 4. The Morgan fingerprint density at radius 3 is 2.50 bits per heavy atom. The molecule has 8 heteroatoms. The zero-order chi connectivity index (χ0) is 15.5. The quantitative estimate of drug-likeness (QED) is 0.640. The van der Waals surface area contributed by atoms with Crippen LogP contribution < -0.4 is 5.32 Å². The smallest absolute Gasteiger partial charge is 0.305 e. The van der Waals surface area contributed by atoms with E-state index in [-0.39, 0.29) is 22.7 Å². The van der Waals surface area contributed by atoms with E-state index in [4.69, 9.17) is 16.7 Å². The van der Waals surface area contributed by atoms with Gasteiger partial charge in [0.15, 0.2) is 0 Å². The van der Waals surface area contributed by atoms with Crippen molar-refractivity contribution in [2.75, 3.05) is 0 Å². The highest BCUT2D eigenvalue weighted by molar-refractivity contribution is 6.31.